The first-order chi connectivity index (χ1) is 10.8. The highest BCUT2D eigenvalue weighted by molar-refractivity contribution is 9.09. The van der Waals surface area contributed by atoms with Gasteiger partial charge in [-0.05, 0) is 19.8 Å². The molecule has 0 radical (unpaired) electrons. The number of halogens is 1. The average Bonchev–Trinajstić information content (AvgIpc) is 2.52. The van der Waals surface area contributed by atoms with Crippen LogP contribution in [0.1, 0.15) is 90.9 Å². The molecule has 0 rings (SSSR count). The molecule has 0 saturated carbocycles. The second kappa shape index (κ2) is 17.1. The molecule has 3 heteroatoms. The fourth-order valence-corrected chi connectivity index (χ4v) is 2.96. The number of ether oxygens (including phenoxy) is 1. The number of carbonyl (C=O) groups is 1. The molecule has 22 heavy (non-hydrogen) atoms. The Labute approximate surface area is 146 Å². The number of hydrogen-bond acceptors (Lipinski definition) is 2. The van der Waals surface area contributed by atoms with Crippen LogP contribution in [0.15, 0.2) is 11.6 Å². The van der Waals surface area contributed by atoms with Crippen LogP contribution in [0.4, 0.5) is 0 Å². The van der Waals surface area contributed by atoms with Crippen molar-refractivity contribution >= 4 is 21.9 Å². The Balaban J connectivity index is 3.43. The van der Waals surface area contributed by atoms with Crippen LogP contribution in [0.2, 0.25) is 0 Å². The van der Waals surface area contributed by atoms with Gasteiger partial charge in [0.15, 0.2) is 0 Å². The van der Waals surface area contributed by atoms with Crippen molar-refractivity contribution in [2.45, 2.75) is 90.9 Å². The molecule has 0 aliphatic rings. The first-order valence-electron chi connectivity index (χ1n) is 9.18. The molecule has 0 spiro atoms. The molecule has 0 unspecified atom stereocenters. The van der Waals surface area contributed by atoms with E-state index >= 15 is 0 Å². The predicted octanol–water partition coefficient (Wildman–Crippen LogP) is 6.57. The lowest BCUT2D eigenvalue weighted by Gasteiger charge is -2.04. The standard InChI is InChI=1S/C19H35BrO2/c1-3-5-6-7-8-9-10-11-12-13-14-15-16-18(17-20)19(21)22-4-2/h16H,3-15,17H2,1-2H3/b18-16+. The van der Waals surface area contributed by atoms with Crippen molar-refractivity contribution in [2.75, 3.05) is 11.9 Å². The van der Waals surface area contributed by atoms with E-state index in [0.717, 1.165) is 12.0 Å². The lowest BCUT2D eigenvalue weighted by Crippen LogP contribution is -2.08. The second-order valence-electron chi connectivity index (χ2n) is 5.91. The molecule has 0 aliphatic heterocycles. The number of rotatable bonds is 15. The van der Waals surface area contributed by atoms with Gasteiger partial charge in [0.25, 0.3) is 0 Å². The van der Waals surface area contributed by atoms with E-state index in [9.17, 15) is 4.79 Å². The molecule has 0 aromatic carbocycles. The maximum absolute atomic E-state index is 11.6. The molecular formula is C19H35BrO2. The van der Waals surface area contributed by atoms with Crippen LogP contribution in [-0.2, 0) is 9.53 Å². The molecular weight excluding hydrogens is 340 g/mol. The fourth-order valence-electron chi connectivity index (χ4n) is 2.50. The van der Waals surface area contributed by atoms with Crippen LogP contribution in [0.3, 0.4) is 0 Å². The summed E-state index contributed by atoms with van der Waals surface area (Å²) in [5, 5.41) is 0.587. The molecule has 0 atom stereocenters. The minimum atomic E-state index is -0.178. The Morgan fingerprint density at radius 2 is 1.36 bits per heavy atom. The molecule has 0 amide bonds. The van der Waals surface area contributed by atoms with E-state index in [0.29, 0.717) is 11.9 Å². The second-order valence-corrected chi connectivity index (χ2v) is 6.47. The molecule has 0 aliphatic carbocycles. The van der Waals surface area contributed by atoms with Gasteiger partial charge >= 0.3 is 5.97 Å². The van der Waals surface area contributed by atoms with Crippen molar-refractivity contribution in [3.63, 3.8) is 0 Å². The summed E-state index contributed by atoms with van der Waals surface area (Å²) in [7, 11) is 0. The van der Waals surface area contributed by atoms with E-state index < -0.39 is 0 Å². The highest BCUT2D eigenvalue weighted by atomic mass is 79.9. The SMILES string of the molecule is CCCCCCCCCCCCC/C=C(\CBr)C(=O)OCC. The Kier molecular flexibility index (Phi) is 16.8. The van der Waals surface area contributed by atoms with Gasteiger partial charge in [-0.2, -0.15) is 0 Å². The number of unbranched alkanes of at least 4 members (excludes halogenated alkanes) is 11. The highest BCUT2D eigenvalue weighted by Gasteiger charge is 2.07. The van der Waals surface area contributed by atoms with Gasteiger partial charge in [-0.1, -0.05) is 93.1 Å². The maximum atomic E-state index is 11.6. The molecule has 0 fully saturated rings. The van der Waals surface area contributed by atoms with Crippen molar-refractivity contribution in [3.05, 3.63) is 11.6 Å². The Morgan fingerprint density at radius 3 is 1.82 bits per heavy atom. The molecule has 0 bridgehead atoms. The largest absolute Gasteiger partial charge is 0.463 e. The number of allylic oxidation sites excluding steroid dienone is 1. The van der Waals surface area contributed by atoms with Crippen LogP contribution >= 0.6 is 15.9 Å². The van der Waals surface area contributed by atoms with Gasteiger partial charge in [0, 0.05) is 10.9 Å². The predicted molar refractivity (Wildman–Crippen MR) is 99.6 cm³/mol. The number of alkyl halides is 1. The molecule has 0 saturated heterocycles. The quantitative estimate of drug-likeness (QED) is 0.140. The van der Waals surface area contributed by atoms with Crippen LogP contribution in [0, 0.1) is 0 Å². The average molecular weight is 375 g/mol. The third kappa shape index (κ3) is 13.4. The topological polar surface area (TPSA) is 26.3 Å². The summed E-state index contributed by atoms with van der Waals surface area (Å²) in [6.07, 6.45) is 17.9. The van der Waals surface area contributed by atoms with Crippen molar-refractivity contribution in [1.29, 1.82) is 0 Å². The van der Waals surface area contributed by atoms with Gasteiger partial charge < -0.3 is 4.74 Å². The van der Waals surface area contributed by atoms with Gasteiger partial charge in [0.2, 0.25) is 0 Å². The number of hydrogen-bond donors (Lipinski definition) is 0. The van der Waals surface area contributed by atoms with E-state index in [1.807, 2.05) is 13.0 Å². The van der Waals surface area contributed by atoms with Crippen molar-refractivity contribution in [3.8, 4) is 0 Å². The summed E-state index contributed by atoms with van der Waals surface area (Å²) in [6.45, 7) is 4.55. The van der Waals surface area contributed by atoms with Crippen molar-refractivity contribution < 1.29 is 9.53 Å². The van der Waals surface area contributed by atoms with Crippen LogP contribution in [0.5, 0.6) is 0 Å². The number of esters is 1. The third-order valence-electron chi connectivity index (χ3n) is 3.88. The fraction of sp³-hybridized carbons (Fsp3) is 0.842. The summed E-state index contributed by atoms with van der Waals surface area (Å²) >= 11 is 3.35. The zero-order chi connectivity index (χ0) is 16.5. The molecule has 0 aromatic rings. The van der Waals surface area contributed by atoms with E-state index in [-0.39, 0.29) is 5.97 Å². The smallest absolute Gasteiger partial charge is 0.334 e. The third-order valence-corrected chi connectivity index (χ3v) is 4.48. The maximum Gasteiger partial charge on any atom is 0.334 e. The first kappa shape index (κ1) is 21.7. The Bertz CT molecular complexity index is 287. The van der Waals surface area contributed by atoms with Gasteiger partial charge in [-0.25, -0.2) is 4.79 Å². The normalized spacial score (nSPS) is 11.7. The van der Waals surface area contributed by atoms with Crippen LogP contribution in [-0.4, -0.2) is 17.9 Å². The van der Waals surface area contributed by atoms with E-state index in [1.165, 1.54) is 70.6 Å². The molecule has 0 heterocycles. The van der Waals surface area contributed by atoms with Gasteiger partial charge in [0.05, 0.1) is 6.61 Å². The van der Waals surface area contributed by atoms with Crippen molar-refractivity contribution in [1.82, 2.24) is 0 Å². The summed E-state index contributed by atoms with van der Waals surface area (Å²) in [4.78, 5) is 11.6. The highest BCUT2D eigenvalue weighted by Crippen LogP contribution is 2.13. The lowest BCUT2D eigenvalue weighted by atomic mass is 10.0. The molecule has 0 N–H and O–H groups in total. The van der Waals surface area contributed by atoms with Gasteiger partial charge in [-0.3, -0.25) is 0 Å². The molecule has 2 nitrogen and oxygen atoms in total. The van der Waals surface area contributed by atoms with Crippen LogP contribution < -0.4 is 0 Å². The Hall–Kier alpha value is -0.310. The summed E-state index contributed by atoms with van der Waals surface area (Å²) in [5.74, 6) is -0.178. The van der Waals surface area contributed by atoms with Crippen LogP contribution in [0.25, 0.3) is 0 Å². The van der Waals surface area contributed by atoms with E-state index in [2.05, 4.69) is 22.9 Å². The number of carbonyl (C=O) groups excluding carboxylic acids is 1. The molecule has 0 aromatic heterocycles. The lowest BCUT2D eigenvalue weighted by molar-refractivity contribution is -0.138. The van der Waals surface area contributed by atoms with E-state index in [4.69, 9.17) is 4.74 Å². The van der Waals surface area contributed by atoms with Gasteiger partial charge in [0.1, 0.15) is 0 Å². The zero-order valence-electron chi connectivity index (χ0n) is 14.7. The summed E-state index contributed by atoms with van der Waals surface area (Å²) < 4.78 is 5.02. The minimum Gasteiger partial charge on any atom is -0.463 e. The van der Waals surface area contributed by atoms with Crippen molar-refractivity contribution in [2.24, 2.45) is 0 Å². The summed E-state index contributed by atoms with van der Waals surface area (Å²) in [5.41, 5.74) is 0.758. The summed E-state index contributed by atoms with van der Waals surface area (Å²) in [6, 6.07) is 0. The zero-order valence-corrected chi connectivity index (χ0v) is 16.3. The van der Waals surface area contributed by atoms with E-state index in [1.54, 1.807) is 0 Å². The first-order valence-corrected chi connectivity index (χ1v) is 10.3. The van der Waals surface area contributed by atoms with Gasteiger partial charge in [-0.15, -0.1) is 0 Å². The molecule has 130 valence electrons. The Morgan fingerprint density at radius 1 is 0.864 bits per heavy atom. The monoisotopic (exact) mass is 374 g/mol. The minimum absolute atomic E-state index is 0.178.